The Morgan fingerprint density at radius 2 is 1.92 bits per heavy atom. The first-order valence-corrected chi connectivity index (χ1v) is 7.86. The third-order valence-electron chi connectivity index (χ3n) is 3.41. The van der Waals surface area contributed by atoms with Crippen LogP contribution in [-0.2, 0) is 20.9 Å². The van der Waals surface area contributed by atoms with Crippen molar-refractivity contribution in [2.75, 3.05) is 6.61 Å². The van der Waals surface area contributed by atoms with Crippen molar-refractivity contribution in [3.63, 3.8) is 0 Å². The van der Waals surface area contributed by atoms with Crippen molar-refractivity contribution in [2.45, 2.75) is 26.5 Å². The number of rotatable bonds is 7. The Kier molecular flexibility index (Phi) is 6.51. The van der Waals surface area contributed by atoms with Crippen molar-refractivity contribution in [1.82, 2.24) is 5.32 Å². The van der Waals surface area contributed by atoms with E-state index >= 15 is 0 Å². The number of nitrogens with one attached hydrogen (secondary N) is 1. The fraction of sp³-hybridized carbons (Fsp3) is 0.263. The summed E-state index contributed by atoms with van der Waals surface area (Å²) in [5, 5.41) is 2.49. The molecule has 25 heavy (non-hydrogen) atoms. The maximum Gasteiger partial charge on any atom is 0.347 e. The molecule has 6 heteroatoms. The van der Waals surface area contributed by atoms with E-state index in [1.54, 1.807) is 37.3 Å². The molecule has 0 spiro atoms. The van der Waals surface area contributed by atoms with Crippen molar-refractivity contribution in [1.29, 1.82) is 0 Å². The Morgan fingerprint density at radius 3 is 2.64 bits per heavy atom. The molecule has 0 fully saturated rings. The number of esters is 1. The quantitative estimate of drug-likeness (QED) is 0.784. The van der Waals surface area contributed by atoms with Crippen LogP contribution in [0.3, 0.4) is 0 Å². The van der Waals surface area contributed by atoms with Crippen LogP contribution in [-0.4, -0.2) is 24.6 Å². The second-order valence-corrected chi connectivity index (χ2v) is 5.55. The molecule has 0 radical (unpaired) electrons. The number of halogens is 1. The van der Waals surface area contributed by atoms with Crippen molar-refractivity contribution >= 4 is 11.9 Å². The van der Waals surface area contributed by atoms with Crippen LogP contribution in [0, 0.1) is 12.7 Å². The Bertz CT molecular complexity index is 748. The van der Waals surface area contributed by atoms with E-state index in [0.29, 0.717) is 11.3 Å². The van der Waals surface area contributed by atoms with E-state index in [9.17, 15) is 14.0 Å². The molecule has 0 saturated carbocycles. The molecular formula is C19H20FNO4. The van der Waals surface area contributed by atoms with E-state index in [1.165, 1.54) is 6.07 Å². The second kappa shape index (κ2) is 8.82. The summed E-state index contributed by atoms with van der Waals surface area (Å²) >= 11 is 0. The van der Waals surface area contributed by atoms with Gasteiger partial charge in [0.2, 0.25) is 0 Å². The average Bonchev–Trinajstić information content (AvgIpc) is 2.59. The monoisotopic (exact) mass is 345 g/mol. The summed E-state index contributed by atoms with van der Waals surface area (Å²) in [6.07, 6.45) is -0.846. The first kappa shape index (κ1) is 18.4. The highest BCUT2D eigenvalue weighted by Gasteiger charge is 2.18. The number of hydrogen-bond acceptors (Lipinski definition) is 4. The summed E-state index contributed by atoms with van der Waals surface area (Å²) in [5.41, 5.74) is 1.36. The van der Waals surface area contributed by atoms with Gasteiger partial charge in [-0.1, -0.05) is 30.3 Å². The molecule has 2 rings (SSSR count). The number of benzene rings is 2. The summed E-state index contributed by atoms with van der Waals surface area (Å²) in [6, 6.07) is 13.4. The zero-order valence-electron chi connectivity index (χ0n) is 14.1. The molecule has 1 amide bonds. The molecule has 0 aliphatic heterocycles. The maximum absolute atomic E-state index is 13.4. The Hall–Kier alpha value is -2.89. The maximum atomic E-state index is 13.4. The molecule has 0 aliphatic carbocycles. The molecule has 0 saturated heterocycles. The van der Waals surface area contributed by atoms with E-state index in [1.807, 2.05) is 19.1 Å². The van der Waals surface area contributed by atoms with Gasteiger partial charge in [0.25, 0.3) is 5.91 Å². The number of carbonyl (C=O) groups excluding carboxylic acids is 2. The molecule has 5 nitrogen and oxygen atoms in total. The molecule has 2 aromatic rings. The van der Waals surface area contributed by atoms with Crippen molar-refractivity contribution < 1.29 is 23.5 Å². The van der Waals surface area contributed by atoms with Gasteiger partial charge in [-0.3, -0.25) is 4.79 Å². The fourth-order valence-electron chi connectivity index (χ4n) is 2.08. The second-order valence-electron chi connectivity index (χ2n) is 5.55. The summed E-state index contributed by atoms with van der Waals surface area (Å²) in [4.78, 5) is 23.6. The van der Waals surface area contributed by atoms with Crippen molar-refractivity contribution in [2.24, 2.45) is 0 Å². The van der Waals surface area contributed by atoms with Gasteiger partial charge in [0.1, 0.15) is 11.6 Å². The molecule has 0 heterocycles. The topological polar surface area (TPSA) is 64.6 Å². The van der Waals surface area contributed by atoms with Crippen LogP contribution in [0.25, 0.3) is 0 Å². The zero-order valence-corrected chi connectivity index (χ0v) is 14.1. The van der Waals surface area contributed by atoms with Gasteiger partial charge in [-0.2, -0.15) is 0 Å². The molecule has 0 bridgehead atoms. The van der Waals surface area contributed by atoms with Crippen LogP contribution in [0.4, 0.5) is 4.39 Å². The largest absolute Gasteiger partial charge is 0.479 e. The lowest BCUT2D eigenvalue weighted by Crippen LogP contribution is -2.32. The highest BCUT2D eigenvalue weighted by Crippen LogP contribution is 2.14. The van der Waals surface area contributed by atoms with Crippen LogP contribution in [0.2, 0.25) is 0 Å². The molecule has 1 N–H and O–H groups in total. The highest BCUT2D eigenvalue weighted by molar-refractivity contribution is 5.81. The van der Waals surface area contributed by atoms with Gasteiger partial charge < -0.3 is 14.8 Å². The normalized spacial score (nSPS) is 11.5. The van der Waals surface area contributed by atoms with E-state index in [4.69, 9.17) is 9.47 Å². The van der Waals surface area contributed by atoms with Gasteiger partial charge in [0, 0.05) is 12.1 Å². The van der Waals surface area contributed by atoms with Gasteiger partial charge in [-0.15, -0.1) is 0 Å². The standard InChI is InChI=1S/C19H20FNO4/c1-13-6-5-8-16(10-13)25-14(2)19(23)24-12-18(22)21-11-15-7-3-4-9-17(15)20/h3-10,14H,11-12H2,1-2H3,(H,21,22)/t14-/m0/s1. The van der Waals surface area contributed by atoms with Gasteiger partial charge in [0.05, 0.1) is 0 Å². The highest BCUT2D eigenvalue weighted by atomic mass is 19.1. The summed E-state index contributed by atoms with van der Waals surface area (Å²) in [5.74, 6) is -1.02. The smallest absolute Gasteiger partial charge is 0.347 e. The van der Waals surface area contributed by atoms with Crippen LogP contribution < -0.4 is 10.1 Å². The zero-order chi connectivity index (χ0) is 18.2. The Morgan fingerprint density at radius 1 is 1.16 bits per heavy atom. The van der Waals surface area contributed by atoms with E-state index in [-0.39, 0.29) is 6.54 Å². The summed E-state index contributed by atoms with van der Waals surface area (Å²) in [7, 11) is 0. The molecule has 132 valence electrons. The number of hydrogen-bond donors (Lipinski definition) is 1. The van der Waals surface area contributed by atoms with E-state index < -0.39 is 30.4 Å². The summed E-state index contributed by atoms with van der Waals surface area (Å²) in [6.45, 7) is 3.03. The Labute approximate surface area is 145 Å². The molecular weight excluding hydrogens is 325 g/mol. The van der Waals surface area contributed by atoms with Gasteiger partial charge in [-0.05, 0) is 37.6 Å². The van der Waals surface area contributed by atoms with E-state index in [0.717, 1.165) is 5.56 Å². The number of amides is 1. The van der Waals surface area contributed by atoms with Gasteiger partial charge in [-0.25, -0.2) is 9.18 Å². The number of carbonyl (C=O) groups is 2. The minimum absolute atomic E-state index is 0.0262. The third kappa shape index (κ3) is 5.91. The fourth-order valence-corrected chi connectivity index (χ4v) is 2.08. The molecule has 2 aromatic carbocycles. The minimum Gasteiger partial charge on any atom is -0.479 e. The van der Waals surface area contributed by atoms with Gasteiger partial charge in [0.15, 0.2) is 12.7 Å². The molecule has 0 aromatic heterocycles. The van der Waals surface area contributed by atoms with Crippen LogP contribution >= 0.6 is 0 Å². The lowest BCUT2D eigenvalue weighted by atomic mass is 10.2. The first-order valence-electron chi connectivity index (χ1n) is 7.86. The lowest BCUT2D eigenvalue weighted by molar-refractivity contribution is -0.154. The van der Waals surface area contributed by atoms with E-state index in [2.05, 4.69) is 5.32 Å². The number of aryl methyl sites for hydroxylation is 1. The molecule has 0 aliphatic rings. The third-order valence-corrected chi connectivity index (χ3v) is 3.41. The predicted octanol–water partition coefficient (Wildman–Crippen LogP) is 2.76. The van der Waals surface area contributed by atoms with Crippen molar-refractivity contribution in [3.05, 3.63) is 65.5 Å². The van der Waals surface area contributed by atoms with Crippen LogP contribution in [0.1, 0.15) is 18.1 Å². The first-order chi connectivity index (χ1) is 12.0. The average molecular weight is 345 g/mol. The number of ether oxygens (including phenoxy) is 2. The summed E-state index contributed by atoms with van der Waals surface area (Å²) < 4.78 is 23.8. The predicted molar refractivity (Wildman–Crippen MR) is 90.5 cm³/mol. The molecule has 1 atom stereocenters. The van der Waals surface area contributed by atoms with Crippen LogP contribution in [0.15, 0.2) is 48.5 Å². The van der Waals surface area contributed by atoms with Crippen LogP contribution in [0.5, 0.6) is 5.75 Å². The minimum atomic E-state index is -0.846. The Balaban J connectivity index is 1.75. The lowest BCUT2D eigenvalue weighted by Gasteiger charge is -2.14. The SMILES string of the molecule is Cc1cccc(O[C@@H](C)C(=O)OCC(=O)NCc2ccccc2F)c1. The van der Waals surface area contributed by atoms with Gasteiger partial charge >= 0.3 is 5.97 Å². The molecule has 0 unspecified atom stereocenters. The van der Waals surface area contributed by atoms with Crippen molar-refractivity contribution in [3.8, 4) is 5.75 Å².